The Labute approximate surface area is 106 Å². The summed E-state index contributed by atoms with van der Waals surface area (Å²) in [6.45, 7) is 8.95. The lowest BCUT2D eigenvalue weighted by Gasteiger charge is -2.36. The summed E-state index contributed by atoms with van der Waals surface area (Å²) in [4.78, 5) is 11.2. The Hall–Kier alpha value is -0.613. The highest BCUT2D eigenvalue weighted by Gasteiger charge is 2.30. The van der Waals surface area contributed by atoms with Gasteiger partial charge in [-0.15, -0.1) is 0 Å². The number of carbonyl (C=O) groups excluding carboxylic acids is 1. The van der Waals surface area contributed by atoms with Crippen molar-refractivity contribution in [1.29, 1.82) is 0 Å². The molecule has 0 amide bonds. The highest BCUT2D eigenvalue weighted by atomic mass is 28.2. The largest absolute Gasteiger partial charge is 0.462 e. The Morgan fingerprint density at radius 3 is 2.82 bits per heavy atom. The molecule has 1 aliphatic heterocycles. The number of rotatable bonds is 6. The third kappa shape index (κ3) is 4.64. The van der Waals surface area contributed by atoms with Gasteiger partial charge in [0.25, 0.3) is 0 Å². The van der Waals surface area contributed by atoms with Gasteiger partial charge in [-0.2, -0.15) is 0 Å². The van der Waals surface area contributed by atoms with Crippen LogP contribution in [-0.4, -0.2) is 33.9 Å². The van der Waals surface area contributed by atoms with E-state index in [0.29, 0.717) is 12.2 Å². The maximum atomic E-state index is 11.2. The molecule has 3 nitrogen and oxygen atoms in total. The van der Waals surface area contributed by atoms with Crippen molar-refractivity contribution in [2.75, 3.05) is 13.2 Å². The zero-order chi connectivity index (χ0) is 12.7. The van der Waals surface area contributed by atoms with E-state index in [2.05, 4.69) is 13.1 Å². The molecular formula is C13H24O3Si. The van der Waals surface area contributed by atoms with E-state index in [1.807, 2.05) is 0 Å². The zero-order valence-electron chi connectivity index (χ0n) is 11.1. The van der Waals surface area contributed by atoms with Crippen LogP contribution >= 0.6 is 0 Å². The van der Waals surface area contributed by atoms with Crippen molar-refractivity contribution in [2.45, 2.75) is 50.8 Å². The molecule has 1 rings (SSSR count). The molecule has 98 valence electrons. The number of ether oxygens (including phenoxy) is 2. The Morgan fingerprint density at radius 2 is 2.29 bits per heavy atom. The Balaban J connectivity index is 2.24. The van der Waals surface area contributed by atoms with Crippen LogP contribution in [0.1, 0.15) is 39.0 Å². The topological polar surface area (TPSA) is 35.5 Å². The van der Waals surface area contributed by atoms with Gasteiger partial charge < -0.3 is 9.47 Å². The van der Waals surface area contributed by atoms with Gasteiger partial charge in [0.1, 0.15) is 0 Å². The molecule has 0 saturated carbocycles. The van der Waals surface area contributed by atoms with Crippen molar-refractivity contribution in [2.24, 2.45) is 0 Å². The van der Waals surface area contributed by atoms with Gasteiger partial charge in [-0.05, 0) is 39.0 Å². The van der Waals surface area contributed by atoms with Crippen LogP contribution in [0.2, 0.25) is 6.55 Å². The normalized spacial score (nSPS) is 25.1. The molecule has 1 atom stereocenters. The van der Waals surface area contributed by atoms with Gasteiger partial charge in [0.05, 0.1) is 21.4 Å². The first-order valence-electron chi connectivity index (χ1n) is 6.56. The molecule has 0 N–H and O–H groups in total. The van der Waals surface area contributed by atoms with Crippen molar-refractivity contribution in [3.63, 3.8) is 0 Å². The second kappa shape index (κ2) is 6.96. The van der Waals surface area contributed by atoms with Crippen molar-refractivity contribution in [3.8, 4) is 0 Å². The number of hydrogen-bond acceptors (Lipinski definition) is 3. The summed E-state index contributed by atoms with van der Waals surface area (Å²) in [7, 11) is -0.182. The Bertz CT molecular complexity index is 270. The van der Waals surface area contributed by atoms with Gasteiger partial charge in [0, 0.05) is 12.2 Å². The average Bonchev–Trinajstić information content (AvgIpc) is 2.35. The lowest BCUT2D eigenvalue weighted by atomic mass is 10.0. The minimum atomic E-state index is -0.280. The van der Waals surface area contributed by atoms with Crippen LogP contribution in [0.15, 0.2) is 12.2 Å². The number of esters is 1. The molecule has 1 saturated heterocycles. The fraction of sp³-hybridized carbons (Fsp3) is 0.769. The average molecular weight is 256 g/mol. The van der Waals surface area contributed by atoms with E-state index in [-0.39, 0.29) is 20.7 Å². The van der Waals surface area contributed by atoms with E-state index in [1.165, 1.54) is 19.3 Å². The van der Waals surface area contributed by atoms with E-state index in [0.717, 1.165) is 19.4 Å². The lowest BCUT2D eigenvalue weighted by molar-refractivity contribution is -0.139. The van der Waals surface area contributed by atoms with Crippen molar-refractivity contribution >= 4 is 15.5 Å². The summed E-state index contributed by atoms with van der Waals surface area (Å²) < 4.78 is 11.1. The van der Waals surface area contributed by atoms with Gasteiger partial charge in [-0.25, -0.2) is 4.79 Å². The van der Waals surface area contributed by atoms with Crippen LogP contribution in [0.3, 0.4) is 0 Å². The summed E-state index contributed by atoms with van der Waals surface area (Å²) in [6.07, 6.45) is 5.62. The molecule has 1 aliphatic rings. The van der Waals surface area contributed by atoms with Gasteiger partial charge in [-0.1, -0.05) is 13.1 Å². The molecule has 1 heterocycles. The first-order chi connectivity index (χ1) is 8.09. The van der Waals surface area contributed by atoms with Crippen molar-refractivity contribution in [1.82, 2.24) is 0 Å². The van der Waals surface area contributed by atoms with Crippen LogP contribution in [0.25, 0.3) is 0 Å². The highest BCUT2D eigenvalue weighted by molar-refractivity contribution is 6.37. The van der Waals surface area contributed by atoms with E-state index < -0.39 is 0 Å². The Kier molecular flexibility index (Phi) is 5.92. The molecule has 0 bridgehead atoms. The van der Waals surface area contributed by atoms with Crippen LogP contribution < -0.4 is 0 Å². The summed E-state index contributed by atoms with van der Waals surface area (Å²) in [5.41, 5.74) is 0.471. The maximum absolute atomic E-state index is 11.2. The number of carbonyl (C=O) groups is 1. The molecule has 0 aliphatic carbocycles. The minimum Gasteiger partial charge on any atom is -0.462 e. The molecule has 0 radical (unpaired) electrons. The molecule has 0 aromatic carbocycles. The van der Waals surface area contributed by atoms with Gasteiger partial charge in [0.2, 0.25) is 0 Å². The molecule has 17 heavy (non-hydrogen) atoms. The summed E-state index contributed by atoms with van der Waals surface area (Å²) in [6, 6.07) is 0. The van der Waals surface area contributed by atoms with Crippen LogP contribution in [-0.2, 0) is 14.3 Å². The predicted molar refractivity (Wildman–Crippen MR) is 71.9 cm³/mol. The number of hydrogen-bond donors (Lipinski definition) is 0. The standard InChI is InChI=1S/C13H24O3Si/c1-11(2)12(14)15-9-6-8-13(17-3)7-4-5-10-16-13/h1,4-10,17H2,2-3H3. The second-order valence-electron chi connectivity index (χ2n) is 4.86. The third-order valence-electron chi connectivity index (χ3n) is 3.44. The monoisotopic (exact) mass is 256 g/mol. The first-order valence-corrected chi connectivity index (χ1v) is 8.68. The molecule has 4 heteroatoms. The zero-order valence-corrected chi connectivity index (χ0v) is 12.5. The summed E-state index contributed by atoms with van der Waals surface area (Å²) in [5, 5.41) is 0.174. The smallest absolute Gasteiger partial charge is 0.333 e. The third-order valence-corrected chi connectivity index (χ3v) is 5.64. The SMILES string of the molecule is C=C(C)C(=O)OCCCC1([SiH2]C)CCCCO1. The summed E-state index contributed by atoms with van der Waals surface area (Å²) >= 11 is 0. The lowest BCUT2D eigenvalue weighted by Crippen LogP contribution is -2.41. The molecule has 1 fully saturated rings. The molecule has 1 unspecified atom stereocenters. The van der Waals surface area contributed by atoms with Crippen LogP contribution in [0.5, 0.6) is 0 Å². The molecular weight excluding hydrogens is 232 g/mol. The summed E-state index contributed by atoms with van der Waals surface area (Å²) in [5.74, 6) is -0.280. The molecule has 0 spiro atoms. The fourth-order valence-electron chi connectivity index (χ4n) is 2.25. The van der Waals surface area contributed by atoms with E-state index in [1.54, 1.807) is 6.92 Å². The second-order valence-corrected chi connectivity index (χ2v) is 6.86. The van der Waals surface area contributed by atoms with Crippen LogP contribution in [0.4, 0.5) is 0 Å². The van der Waals surface area contributed by atoms with Crippen molar-refractivity contribution in [3.05, 3.63) is 12.2 Å². The van der Waals surface area contributed by atoms with E-state index in [9.17, 15) is 4.79 Å². The fourth-order valence-corrected chi connectivity index (χ4v) is 3.80. The van der Waals surface area contributed by atoms with Crippen LogP contribution in [0, 0.1) is 0 Å². The highest BCUT2D eigenvalue weighted by Crippen LogP contribution is 2.28. The molecule has 0 aromatic heterocycles. The van der Waals surface area contributed by atoms with Gasteiger partial charge >= 0.3 is 5.97 Å². The predicted octanol–water partition coefficient (Wildman–Crippen LogP) is 2.00. The maximum Gasteiger partial charge on any atom is 0.333 e. The van der Waals surface area contributed by atoms with Gasteiger partial charge in [0.15, 0.2) is 0 Å². The minimum absolute atomic E-state index is 0.174. The van der Waals surface area contributed by atoms with E-state index >= 15 is 0 Å². The molecule has 0 aromatic rings. The quantitative estimate of drug-likeness (QED) is 0.315. The first kappa shape index (κ1) is 14.4. The van der Waals surface area contributed by atoms with Gasteiger partial charge in [-0.3, -0.25) is 0 Å². The van der Waals surface area contributed by atoms with Crippen molar-refractivity contribution < 1.29 is 14.3 Å². The van der Waals surface area contributed by atoms with E-state index in [4.69, 9.17) is 9.47 Å². The Morgan fingerprint density at radius 1 is 1.53 bits per heavy atom.